The fourth-order valence-electron chi connectivity index (χ4n) is 4.27. The van der Waals surface area contributed by atoms with E-state index in [1.54, 1.807) is 14.9 Å². The summed E-state index contributed by atoms with van der Waals surface area (Å²) in [5.41, 5.74) is 3.28. The molecule has 7 nitrogen and oxygen atoms in total. The van der Waals surface area contributed by atoms with Crippen molar-refractivity contribution in [3.63, 3.8) is 0 Å². The normalized spacial score (nSPS) is 16.0. The molecule has 2 aromatic carbocycles. The van der Waals surface area contributed by atoms with Crippen molar-refractivity contribution in [2.75, 3.05) is 13.1 Å². The molecule has 1 aromatic heterocycles. The van der Waals surface area contributed by atoms with Crippen molar-refractivity contribution in [2.45, 2.75) is 44.9 Å². The van der Waals surface area contributed by atoms with Crippen LogP contribution in [0.25, 0.3) is 5.69 Å². The number of hydrogen-bond donors (Lipinski definition) is 1. The second-order valence-electron chi connectivity index (χ2n) is 8.39. The number of piperidine rings is 1. The number of nitrogens with one attached hydrogen (secondary N) is 1. The second kappa shape index (κ2) is 8.43. The number of benzene rings is 2. The van der Waals surface area contributed by atoms with E-state index in [4.69, 9.17) is 0 Å². The summed E-state index contributed by atoms with van der Waals surface area (Å²) in [6.45, 7) is 6.65. The molecule has 31 heavy (non-hydrogen) atoms. The lowest BCUT2D eigenvalue weighted by atomic mass is 9.94. The average Bonchev–Trinajstić information content (AvgIpc) is 3.10. The van der Waals surface area contributed by atoms with Crippen LogP contribution in [-0.4, -0.2) is 40.6 Å². The fourth-order valence-corrected chi connectivity index (χ4v) is 6.04. The number of aryl methyl sites for hydroxylation is 3. The van der Waals surface area contributed by atoms with Crippen molar-refractivity contribution in [1.82, 2.24) is 19.1 Å². The molecule has 3 aromatic rings. The van der Waals surface area contributed by atoms with E-state index in [0.29, 0.717) is 30.2 Å². The van der Waals surface area contributed by atoms with Gasteiger partial charge < -0.3 is 0 Å². The number of hydrogen-bond acceptors (Lipinski definition) is 4. The van der Waals surface area contributed by atoms with Crippen LogP contribution in [0.4, 0.5) is 0 Å². The van der Waals surface area contributed by atoms with Crippen molar-refractivity contribution in [3.05, 3.63) is 75.5 Å². The van der Waals surface area contributed by atoms with Crippen molar-refractivity contribution in [1.29, 1.82) is 0 Å². The van der Waals surface area contributed by atoms with E-state index in [1.807, 2.05) is 57.2 Å². The molecule has 0 unspecified atom stereocenters. The molecule has 0 aliphatic carbocycles. The Morgan fingerprint density at radius 2 is 1.74 bits per heavy atom. The summed E-state index contributed by atoms with van der Waals surface area (Å²) in [5.74, 6) is 0.957. The Labute approximate surface area is 182 Å². The molecule has 8 heteroatoms. The highest BCUT2D eigenvalue weighted by Gasteiger charge is 2.31. The van der Waals surface area contributed by atoms with Crippen molar-refractivity contribution in [3.8, 4) is 5.69 Å². The first-order valence-corrected chi connectivity index (χ1v) is 12.0. The van der Waals surface area contributed by atoms with Crippen molar-refractivity contribution in [2.24, 2.45) is 5.92 Å². The second-order valence-corrected chi connectivity index (χ2v) is 10.3. The van der Waals surface area contributed by atoms with Gasteiger partial charge in [0.15, 0.2) is 0 Å². The highest BCUT2D eigenvalue weighted by atomic mass is 32.2. The number of aromatic amines is 1. The number of aromatic nitrogens is 3. The van der Waals surface area contributed by atoms with E-state index in [-0.39, 0.29) is 11.6 Å². The van der Waals surface area contributed by atoms with E-state index in [1.165, 1.54) is 0 Å². The minimum atomic E-state index is -3.51. The Kier molecular flexibility index (Phi) is 5.85. The molecule has 1 aliphatic heterocycles. The molecule has 0 saturated carbocycles. The molecule has 4 rings (SSSR count). The van der Waals surface area contributed by atoms with E-state index in [2.05, 4.69) is 10.2 Å². The van der Waals surface area contributed by atoms with Crippen LogP contribution in [-0.2, 0) is 16.4 Å². The summed E-state index contributed by atoms with van der Waals surface area (Å²) in [6, 6.07) is 13.3. The van der Waals surface area contributed by atoms with Gasteiger partial charge >= 0.3 is 5.69 Å². The maximum atomic E-state index is 13.2. The zero-order chi connectivity index (χ0) is 22.2. The van der Waals surface area contributed by atoms with Crippen LogP contribution in [0.3, 0.4) is 0 Å². The van der Waals surface area contributed by atoms with Crippen LogP contribution in [0.5, 0.6) is 0 Å². The maximum absolute atomic E-state index is 13.2. The standard InChI is InChI=1S/C23H28N4O3S/c1-16-8-9-18(3)21(14-16)31(29,30)26-12-10-19(11-13-26)15-22-24-25-23(28)27(22)20-7-5-4-6-17(20)2/h4-9,14,19H,10-13,15H2,1-3H3,(H,25,28). The predicted molar refractivity (Wildman–Crippen MR) is 120 cm³/mol. The van der Waals surface area contributed by atoms with Crippen molar-refractivity contribution < 1.29 is 8.42 Å². The quantitative estimate of drug-likeness (QED) is 0.660. The zero-order valence-corrected chi connectivity index (χ0v) is 18.9. The van der Waals surface area contributed by atoms with Crippen LogP contribution < -0.4 is 5.69 Å². The summed E-state index contributed by atoms with van der Waals surface area (Å²) in [6.07, 6.45) is 2.10. The van der Waals surface area contributed by atoms with Gasteiger partial charge in [0.25, 0.3) is 0 Å². The Balaban J connectivity index is 1.49. The number of H-pyrrole nitrogens is 1. The molecule has 164 valence electrons. The van der Waals surface area contributed by atoms with Gasteiger partial charge in [-0.05, 0) is 68.4 Å². The van der Waals surface area contributed by atoms with E-state index < -0.39 is 10.0 Å². The van der Waals surface area contributed by atoms with Gasteiger partial charge in [-0.15, -0.1) is 0 Å². The smallest absolute Gasteiger partial charge is 0.247 e. The molecular weight excluding hydrogens is 412 g/mol. The van der Waals surface area contributed by atoms with Gasteiger partial charge in [0, 0.05) is 19.5 Å². The van der Waals surface area contributed by atoms with Crippen LogP contribution in [0.15, 0.2) is 52.2 Å². The molecule has 1 N–H and O–H groups in total. The zero-order valence-electron chi connectivity index (χ0n) is 18.1. The third-order valence-corrected chi connectivity index (χ3v) is 8.15. The van der Waals surface area contributed by atoms with E-state index in [9.17, 15) is 13.2 Å². The third kappa shape index (κ3) is 4.22. The molecule has 1 saturated heterocycles. The van der Waals surface area contributed by atoms with Crippen LogP contribution in [0.1, 0.15) is 35.4 Å². The Bertz CT molecular complexity index is 1250. The predicted octanol–water partition coefficient (Wildman–Crippen LogP) is 3.13. The number of nitrogens with zero attached hydrogens (tertiary/aromatic N) is 3. The molecule has 2 heterocycles. The Morgan fingerprint density at radius 1 is 1.03 bits per heavy atom. The topological polar surface area (TPSA) is 88.1 Å². The average molecular weight is 441 g/mol. The van der Waals surface area contributed by atoms with Gasteiger partial charge in [-0.2, -0.15) is 9.40 Å². The highest BCUT2D eigenvalue weighted by molar-refractivity contribution is 7.89. The van der Waals surface area contributed by atoms with E-state index in [0.717, 1.165) is 35.2 Å². The van der Waals surface area contributed by atoms with Crippen LogP contribution in [0, 0.1) is 26.7 Å². The Hall–Kier alpha value is -2.71. The van der Waals surface area contributed by atoms with Gasteiger partial charge in [-0.1, -0.05) is 30.3 Å². The fraction of sp³-hybridized carbons (Fsp3) is 0.391. The van der Waals surface area contributed by atoms with Gasteiger partial charge in [-0.3, -0.25) is 0 Å². The Morgan fingerprint density at radius 3 is 2.45 bits per heavy atom. The molecule has 0 radical (unpaired) electrons. The number of para-hydroxylation sites is 1. The van der Waals surface area contributed by atoms with Crippen LogP contribution >= 0.6 is 0 Å². The minimum Gasteiger partial charge on any atom is -0.247 e. The SMILES string of the molecule is Cc1ccc(C)c(S(=O)(=O)N2CCC(Cc3n[nH]c(=O)n3-c3ccccc3C)CC2)c1. The molecule has 1 fully saturated rings. The summed E-state index contributed by atoms with van der Waals surface area (Å²) in [7, 11) is -3.51. The molecular formula is C23H28N4O3S. The number of rotatable bonds is 5. The van der Waals surface area contributed by atoms with Gasteiger partial charge in [0.05, 0.1) is 10.6 Å². The van der Waals surface area contributed by atoms with Crippen molar-refractivity contribution >= 4 is 10.0 Å². The first-order valence-electron chi connectivity index (χ1n) is 10.6. The lowest BCUT2D eigenvalue weighted by molar-refractivity contribution is 0.269. The summed E-state index contributed by atoms with van der Waals surface area (Å²) < 4.78 is 29.6. The number of sulfonamides is 1. The lowest BCUT2D eigenvalue weighted by Gasteiger charge is -2.31. The van der Waals surface area contributed by atoms with Gasteiger partial charge in [0.1, 0.15) is 5.82 Å². The summed E-state index contributed by atoms with van der Waals surface area (Å²) >= 11 is 0. The molecule has 0 spiro atoms. The van der Waals surface area contributed by atoms with Crippen LogP contribution in [0.2, 0.25) is 0 Å². The third-order valence-electron chi connectivity index (χ3n) is 6.10. The minimum absolute atomic E-state index is 0.251. The molecule has 0 bridgehead atoms. The largest absolute Gasteiger partial charge is 0.347 e. The van der Waals surface area contributed by atoms with Gasteiger partial charge in [-0.25, -0.2) is 22.9 Å². The lowest BCUT2D eigenvalue weighted by Crippen LogP contribution is -2.39. The first kappa shape index (κ1) is 21.5. The molecule has 1 aliphatic rings. The molecule has 0 atom stereocenters. The monoisotopic (exact) mass is 440 g/mol. The molecule has 0 amide bonds. The van der Waals surface area contributed by atoms with E-state index >= 15 is 0 Å². The first-order chi connectivity index (χ1) is 14.8. The van der Waals surface area contributed by atoms with Gasteiger partial charge in [0.2, 0.25) is 10.0 Å². The summed E-state index contributed by atoms with van der Waals surface area (Å²) in [4.78, 5) is 12.8. The summed E-state index contributed by atoms with van der Waals surface area (Å²) in [5, 5.41) is 6.83. The highest BCUT2D eigenvalue weighted by Crippen LogP contribution is 2.28. The maximum Gasteiger partial charge on any atom is 0.347 e.